The molecule has 0 saturated carbocycles. The number of hydrogen-bond donors (Lipinski definition) is 1. The van der Waals surface area contributed by atoms with Crippen molar-refractivity contribution in [1.82, 2.24) is 0 Å². The number of aliphatic hydroxyl groups is 1. The molecule has 4 rings (SSSR count). The first-order valence-corrected chi connectivity index (χ1v) is 11.2. The minimum Gasteiger partial charge on any atom is -0.502 e. The minimum absolute atomic E-state index is 0.0517. The van der Waals surface area contributed by atoms with Gasteiger partial charge in [-0.05, 0) is 54.1 Å². The number of amides is 1. The summed E-state index contributed by atoms with van der Waals surface area (Å²) in [6.45, 7) is 0. The Morgan fingerprint density at radius 1 is 0.900 bits per heavy atom. The second kappa shape index (κ2) is 7.70. The molecule has 0 aromatic heterocycles. The van der Waals surface area contributed by atoms with E-state index in [0.29, 0.717) is 11.3 Å². The van der Waals surface area contributed by atoms with E-state index in [0.717, 1.165) is 4.47 Å². The van der Waals surface area contributed by atoms with Crippen molar-refractivity contribution in [2.24, 2.45) is 0 Å². The van der Waals surface area contributed by atoms with E-state index in [2.05, 4.69) is 15.9 Å². The predicted molar refractivity (Wildman–Crippen MR) is 114 cm³/mol. The summed E-state index contributed by atoms with van der Waals surface area (Å²) in [5.74, 6) is -2.20. The van der Waals surface area contributed by atoms with Crippen LogP contribution in [0.2, 0.25) is 0 Å². The first kappa shape index (κ1) is 20.3. The number of aliphatic hydroxyl groups excluding tert-OH is 1. The van der Waals surface area contributed by atoms with Gasteiger partial charge in [0.25, 0.3) is 5.91 Å². The zero-order chi connectivity index (χ0) is 21.5. The molecule has 1 aliphatic rings. The summed E-state index contributed by atoms with van der Waals surface area (Å²) in [6, 6.07) is 18.2. The highest BCUT2D eigenvalue weighted by atomic mass is 79.9. The van der Waals surface area contributed by atoms with Gasteiger partial charge in [0.05, 0.1) is 4.90 Å². The first-order valence-electron chi connectivity index (χ1n) is 8.88. The molecule has 5 nitrogen and oxygen atoms in total. The molecule has 3 aromatic carbocycles. The number of anilines is 1. The molecule has 1 N–H and O–H groups in total. The summed E-state index contributed by atoms with van der Waals surface area (Å²) in [5, 5.41) is 10.7. The number of hydrogen-bond acceptors (Lipinski definition) is 4. The number of rotatable bonds is 4. The summed E-state index contributed by atoms with van der Waals surface area (Å²) in [7, 11) is -4.21. The van der Waals surface area contributed by atoms with Gasteiger partial charge in [0.2, 0.25) is 9.84 Å². The van der Waals surface area contributed by atoms with Gasteiger partial charge >= 0.3 is 0 Å². The molecule has 1 atom stereocenters. The molecule has 1 unspecified atom stereocenters. The third kappa shape index (κ3) is 3.42. The molecular weight excluding hydrogens is 473 g/mol. The van der Waals surface area contributed by atoms with Gasteiger partial charge in [-0.15, -0.1) is 0 Å². The Kier molecular flexibility index (Phi) is 5.21. The smallest absolute Gasteiger partial charge is 0.295 e. The van der Waals surface area contributed by atoms with Crippen LogP contribution < -0.4 is 4.90 Å². The first-order chi connectivity index (χ1) is 14.3. The Bertz CT molecular complexity index is 1240. The van der Waals surface area contributed by atoms with Crippen LogP contribution in [0.3, 0.4) is 0 Å². The van der Waals surface area contributed by atoms with Gasteiger partial charge in [0.1, 0.15) is 16.8 Å². The fraction of sp³-hybridized carbons (Fsp3) is 0.0455. The molecule has 0 radical (unpaired) electrons. The molecule has 3 aromatic rings. The number of carbonyl (C=O) groups excluding carboxylic acids is 1. The summed E-state index contributed by atoms with van der Waals surface area (Å²) < 4.78 is 41.1. The van der Waals surface area contributed by atoms with Gasteiger partial charge < -0.3 is 5.11 Å². The molecule has 0 fully saturated rings. The van der Waals surface area contributed by atoms with Gasteiger partial charge in [0.15, 0.2) is 5.76 Å². The monoisotopic (exact) mass is 487 g/mol. The van der Waals surface area contributed by atoms with Gasteiger partial charge in [0, 0.05) is 10.2 Å². The van der Waals surface area contributed by atoms with Crippen molar-refractivity contribution >= 4 is 37.4 Å². The van der Waals surface area contributed by atoms with E-state index in [1.54, 1.807) is 42.5 Å². The number of sulfone groups is 1. The van der Waals surface area contributed by atoms with Gasteiger partial charge in [-0.2, -0.15) is 0 Å². The third-order valence-corrected chi connectivity index (χ3v) is 7.21. The Labute approximate surface area is 181 Å². The Morgan fingerprint density at radius 3 is 2.10 bits per heavy atom. The number of carbonyl (C=O) groups is 1. The quantitative estimate of drug-likeness (QED) is 0.566. The maximum Gasteiger partial charge on any atom is 0.295 e. The molecular formula is C22H15BrFNO4S. The lowest BCUT2D eigenvalue weighted by atomic mass is 10.1. The molecule has 0 aliphatic carbocycles. The molecule has 30 heavy (non-hydrogen) atoms. The van der Waals surface area contributed by atoms with Crippen molar-refractivity contribution in [2.45, 2.75) is 10.9 Å². The number of nitrogens with zero attached hydrogens (tertiary/aromatic N) is 1. The Balaban J connectivity index is 1.94. The molecule has 1 heterocycles. The van der Waals surface area contributed by atoms with Gasteiger partial charge in [-0.3, -0.25) is 9.69 Å². The van der Waals surface area contributed by atoms with E-state index in [1.807, 2.05) is 0 Å². The predicted octanol–water partition coefficient (Wildman–Crippen LogP) is 4.92. The second-order valence-electron chi connectivity index (χ2n) is 6.64. The molecule has 1 amide bonds. The fourth-order valence-corrected chi connectivity index (χ4v) is 5.31. The van der Waals surface area contributed by atoms with Crippen LogP contribution >= 0.6 is 15.9 Å². The SMILES string of the molecule is O=C1C(O)=C(S(=O)(=O)c2ccccc2)C(c2ccc(F)cc2)N1c1ccc(Br)cc1. The van der Waals surface area contributed by atoms with E-state index >= 15 is 0 Å². The minimum atomic E-state index is -4.21. The van der Waals surface area contributed by atoms with Crippen molar-refractivity contribution in [3.8, 4) is 0 Å². The van der Waals surface area contributed by atoms with Gasteiger partial charge in [-0.1, -0.05) is 46.3 Å². The fourth-order valence-electron chi connectivity index (χ4n) is 3.40. The molecule has 0 saturated heterocycles. The average molecular weight is 488 g/mol. The highest BCUT2D eigenvalue weighted by Gasteiger charge is 2.47. The lowest BCUT2D eigenvalue weighted by molar-refractivity contribution is -0.117. The molecule has 0 spiro atoms. The lowest BCUT2D eigenvalue weighted by Gasteiger charge is -2.27. The number of benzene rings is 3. The Hall–Kier alpha value is -2.97. The lowest BCUT2D eigenvalue weighted by Crippen LogP contribution is -2.31. The van der Waals surface area contributed by atoms with Crippen molar-refractivity contribution in [3.63, 3.8) is 0 Å². The molecule has 8 heteroatoms. The van der Waals surface area contributed by atoms with E-state index in [9.17, 15) is 22.7 Å². The van der Waals surface area contributed by atoms with E-state index in [1.165, 1.54) is 41.3 Å². The van der Waals surface area contributed by atoms with Gasteiger partial charge in [-0.25, -0.2) is 12.8 Å². The zero-order valence-electron chi connectivity index (χ0n) is 15.4. The Morgan fingerprint density at radius 2 is 1.50 bits per heavy atom. The van der Waals surface area contributed by atoms with Crippen molar-refractivity contribution in [3.05, 3.63) is 105 Å². The van der Waals surface area contributed by atoms with Crippen molar-refractivity contribution in [1.29, 1.82) is 0 Å². The highest BCUT2D eigenvalue weighted by molar-refractivity contribution is 9.10. The maximum absolute atomic E-state index is 13.5. The topological polar surface area (TPSA) is 74.7 Å². The van der Waals surface area contributed by atoms with Crippen LogP contribution in [0, 0.1) is 5.82 Å². The van der Waals surface area contributed by atoms with Crippen LogP contribution in [0.5, 0.6) is 0 Å². The average Bonchev–Trinajstić information content (AvgIpc) is 3.01. The van der Waals surface area contributed by atoms with Crippen molar-refractivity contribution in [2.75, 3.05) is 4.90 Å². The number of halogens is 2. The molecule has 0 bridgehead atoms. The summed E-state index contributed by atoms with van der Waals surface area (Å²) in [4.78, 5) is 13.7. The molecule has 1 aliphatic heterocycles. The van der Waals surface area contributed by atoms with Crippen LogP contribution in [0.1, 0.15) is 11.6 Å². The van der Waals surface area contributed by atoms with Crippen LogP contribution in [-0.4, -0.2) is 19.4 Å². The van der Waals surface area contributed by atoms with E-state index in [4.69, 9.17) is 0 Å². The summed E-state index contributed by atoms with van der Waals surface area (Å²) in [6.07, 6.45) is 0. The molecule has 152 valence electrons. The van der Waals surface area contributed by atoms with Crippen LogP contribution in [-0.2, 0) is 14.6 Å². The van der Waals surface area contributed by atoms with Crippen LogP contribution in [0.25, 0.3) is 0 Å². The second-order valence-corrected chi connectivity index (χ2v) is 9.47. The van der Waals surface area contributed by atoms with Crippen LogP contribution in [0.15, 0.2) is 98.9 Å². The summed E-state index contributed by atoms with van der Waals surface area (Å²) >= 11 is 3.32. The summed E-state index contributed by atoms with van der Waals surface area (Å²) in [5.41, 5.74) is 0.744. The zero-order valence-corrected chi connectivity index (χ0v) is 17.8. The normalized spacial score (nSPS) is 16.9. The van der Waals surface area contributed by atoms with E-state index in [-0.39, 0.29) is 4.90 Å². The standard InChI is InChI=1S/C22H15BrFNO4S/c23-15-8-12-17(13-9-15)25-19(14-6-10-16(24)11-7-14)21(20(26)22(25)27)30(28,29)18-4-2-1-3-5-18/h1-13,19,26H. The maximum atomic E-state index is 13.5. The van der Waals surface area contributed by atoms with Crippen LogP contribution in [0.4, 0.5) is 10.1 Å². The van der Waals surface area contributed by atoms with Crippen molar-refractivity contribution < 1.29 is 22.7 Å². The van der Waals surface area contributed by atoms with E-state index < -0.39 is 38.3 Å². The highest BCUT2D eigenvalue weighted by Crippen LogP contribution is 2.44. The largest absolute Gasteiger partial charge is 0.502 e. The third-order valence-electron chi connectivity index (χ3n) is 4.79.